The Bertz CT molecular complexity index is 307. The number of esters is 1. The molecule has 0 aromatic carbocycles. The van der Waals surface area contributed by atoms with Crippen molar-refractivity contribution in [2.45, 2.75) is 57.3 Å². The Balaban J connectivity index is 1.94. The summed E-state index contributed by atoms with van der Waals surface area (Å²) in [5, 5.41) is 3.39. The molecule has 1 N–H and O–H groups in total. The van der Waals surface area contributed by atoms with Gasteiger partial charge in [-0.15, -0.1) is 0 Å². The quantitative estimate of drug-likeness (QED) is 0.723. The predicted octanol–water partition coefficient (Wildman–Crippen LogP) is 0.779. The number of carbonyl (C=O) groups excluding carboxylic acids is 1. The minimum absolute atomic E-state index is 0.152. The number of nitrogens with one attached hydrogen (secondary N) is 1. The van der Waals surface area contributed by atoms with Gasteiger partial charge in [0.25, 0.3) is 0 Å². The molecular formula is C14H26N2O3. The predicted molar refractivity (Wildman–Crippen MR) is 73.0 cm³/mol. The lowest BCUT2D eigenvalue weighted by Crippen LogP contribution is -2.55. The van der Waals surface area contributed by atoms with E-state index in [1.54, 1.807) is 0 Å². The molecule has 3 atom stereocenters. The maximum Gasteiger partial charge on any atom is 0.324 e. The van der Waals surface area contributed by atoms with Crippen molar-refractivity contribution in [3.8, 4) is 0 Å². The number of methoxy groups -OCH3 is 1. The van der Waals surface area contributed by atoms with E-state index < -0.39 is 0 Å². The second-order valence-electron chi connectivity index (χ2n) is 5.68. The van der Waals surface area contributed by atoms with E-state index in [1.165, 1.54) is 20.0 Å². The molecule has 2 aliphatic rings. The van der Waals surface area contributed by atoms with Gasteiger partial charge in [0.15, 0.2) is 0 Å². The number of hydrogen-bond acceptors (Lipinski definition) is 5. The zero-order valence-corrected chi connectivity index (χ0v) is 12.2. The molecule has 2 fully saturated rings. The topological polar surface area (TPSA) is 50.8 Å². The summed E-state index contributed by atoms with van der Waals surface area (Å²) in [6.07, 6.45) is 3.63. The van der Waals surface area contributed by atoms with Crippen LogP contribution in [-0.4, -0.2) is 61.9 Å². The van der Waals surface area contributed by atoms with Crippen molar-refractivity contribution in [1.29, 1.82) is 0 Å². The average Bonchev–Trinajstić information content (AvgIpc) is 3.21. The SMILES string of the molecule is CCC1COC(C)CN1CC(NC1CC1)C(=O)OC. The first-order valence-electron chi connectivity index (χ1n) is 7.33. The molecule has 0 radical (unpaired) electrons. The molecule has 0 aromatic heterocycles. The van der Waals surface area contributed by atoms with Crippen LogP contribution in [0.3, 0.4) is 0 Å². The monoisotopic (exact) mass is 270 g/mol. The van der Waals surface area contributed by atoms with Crippen LogP contribution < -0.4 is 5.32 Å². The van der Waals surface area contributed by atoms with Crippen LogP contribution in [0.2, 0.25) is 0 Å². The fraction of sp³-hybridized carbons (Fsp3) is 0.929. The molecule has 1 aliphatic heterocycles. The zero-order chi connectivity index (χ0) is 13.8. The Kier molecular flexibility index (Phi) is 5.19. The summed E-state index contributed by atoms with van der Waals surface area (Å²) in [4.78, 5) is 14.2. The normalized spacial score (nSPS) is 30.1. The van der Waals surface area contributed by atoms with Crippen LogP contribution in [0.25, 0.3) is 0 Å². The van der Waals surface area contributed by atoms with Crippen LogP contribution in [0, 0.1) is 0 Å². The Morgan fingerprint density at radius 1 is 1.53 bits per heavy atom. The van der Waals surface area contributed by atoms with Crippen molar-refractivity contribution in [1.82, 2.24) is 10.2 Å². The minimum Gasteiger partial charge on any atom is -0.468 e. The Morgan fingerprint density at radius 2 is 2.26 bits per heavy atom. The van der Waals surface area contributed by atoms with Crippen LogP contribution >= 0.6 is 0 Å². The molecule has 2 rings (SSSR count). The summed E-state index contributed by atoms with van der Waals surface area (Å²) < 4.78 is 10.6. The van der Waals surface area contributed by atoms with E-state index in [0.29, 0.717) is 12.1 Å². The van der Waals surface area contributed by atoms with Crippen molar-refractivity contribution < 1.29 is 14.3 Å². The Morgan fingerprint density at radius 3 is 2.84 bits per heavy atom. The highest BCUT2D eigenvalue weighted by Crippen LogP contribution is 2.21. The van der Waals surface area contributed by atoms with Gasteiger partial charge in [-0.2, -0.15) is 0 Å². The van der Waals surface area contributed by atoms with Crippen molar-refractivity contribution in [3.05, 3.63) is 0 Å². The van der Waals surface area contributed by atoms with Crippen molar-refractivity contribution in [2.24, 2.45) is 0 Å². The molecule has 0 amide bonds. The lowest BCUT2D eigenvalue weighted by Gasteiger charge is -2.39. The molecule has 1 saturated carbocycles. The number of nitrogens with zero attached hydrogens (tertiary/aromatic N) is 1. The Labute approximate surface area is 115 Å². The number of rotatable bonds is 6. The van der Waals surface area contributed by atoms with Crippen molar-refractivity contribution >= 4 is 5.97 Å². The van der Waals surface area contributed by atoms with Gasteiger partial charge in [0, 0.05) is 25.2 Å². The van der Waals surface area contributed by atoms with Gasteiger partial charge in [-0.25, -0.2) is 0 Å². The summed E-state index contributed by atoms with van der Waals surface area (Å²) in [6.45, 7) is 6.61. The van der Waals surface area contributed by atoms with Gasteiger partial charge in [-0.1, -0.05) is 6.92 Å². The van der Waals surface area contributed by atoms with Crippen molar-refractivity contribution in [3.63, 3.8) is 0 Å². The van der Waals surface area contributed by atoms with Crippen LogP contribution in [0.5, 0.6) is 0 Å². The summed E-state index contributed by atoms with van der Waals surface area (Å²) in [7, 11) is 1.46. The van der Waals surface area contributed by atoms with Gasteiger partial charge < -0.3 is 14.8 Å². The molecular weight excluding hydrogens is 244 g/mol. The van der Waals surface area contributed by atoms with Gasteiger partial charge in [-0.05, 0) is 26.2 Å². The molecule has 19 heavy (non-hydrogen) atoms. The fourth-order valence-electron chi connectivity index (χ4n) is 2.62. The molecule has 3 unspecified atom stereocenters. The minimum atomic E-state index is -0.211. The van der Waals surface area contributed by atoms with E-state index in [9.17, 15) is 4.79 Å². The third-order valence-electron chi connectivity index (χ3n) is 3.97. The first-order chi connectivity index (χ1) is 9.13. The van der Waals surface area contributed by atoms with E-state index in [0.717, 1.165) is 26.1 Å². The average molecular weight is 270 g/mol. The van der Waals surface area contributed by atoms with Crippen LogP contribution in [0.4, 0.5) is 0 Å². The molecule has 0 spiro atoms. The summed E-state index contributed by atoms with van der Waals surface area (Å²) in [6, 6.07) is 0.698. The van der Waals surface area contributed by atoms with Gasteiger partial charge in [0.1, 0.15) is 6.04 Å². The van der Waals surface area contributed by atoms with E-state index in [-0.39, 0.29) is 18.1 Å². The van der Waals surface area contributed by atoms with Gasteiger partial charge in [0.2, 0.25) is 0 Å². The second kappa shape index (κ2) is 6.68. The number of morpholine rings is 1. The fourth-order valence-corrected chi connectivity index (χ4v) is 2.62. The smallest absolute Gasteiger partial charge is 0.324 e. The van der Waals surface area contributed by atoms with Gasteiger partial charge in [0.05, 0.1) is 19.8 Å². The first kappa shape index (κ1) is 14.8. The number of hydrogen-bond donors (Lipinski definition) is 1. The molecule has 5 heteroatoms. The van der Waals surface area contributed by atoms with E-state index in [4.69, 9.17) is 9.47 Å². The highest BCUT2D eigenvalue weighted by atomic mass is 16.5. The third-order valence-corrected chi connectivity index (χ3v) is 3.97. The van der Waals surface area contributed by atoms with Gasteiger partial charge >= 0.3 is 5.97 Å². The molecule has 5 nitrogen and oxygen atoms in total. The van der Waals surface area contributed by atoms with Crippen LogP contribution in [0.15, 0.2) is 0 Å². The van der Waals surface area contributed by atoms with Crippen LogP contribution in [-0.2, 0) is 14.3 Å². The highest BCUT2D eigenvalue weighted by molar-refractivity contribution is 5.76. The van der Waals surface area contributed by atoms with E-state index in [2.05, 4.69) is 24.1 Å². The first-order valence-corrected chi connectivity index (χ1v) is 7.33. The summed E-state index contributed by atoms with van der Waals surface area (Å²) >= 11 is 0. The van der Waals surface area contributed by atoms with E-state index in [1.807, 2.05) is 0 Å². The van der Waals surface area contributed by atoms with Crippen LogP contribution in [0.1, 0.15) is 33.1 Å². The lowest BCUT2D eigenvalue weighted by atomic mass is 10.1. The van der Waals surface area contributed by atoms with Crippen molar-refractivity contribution in [2.75, 3.05) is 26.8 Å². The highest BCUT2D eigenvalue weighted by Gasteiger charge is 2.33. The second-order valence-corrected chi connectivity index (χ2v) is 5.68. The zero-order valence-electron chi connectivity index (χ0n) is 12.2. The molecule has 0 aromatic rings. The largest absolute Gasteiger partial charge is 0.468 e. The van der Waals surface area contributed by atoms with E-state index >= 15 is 0 Å². The lowest BCUT2D eigenvalue weighted by molar-refractivity contribution is -0.145. The number of ether oxygens (including phenoxy) is 2. The third kappa shape index (κ3) is 4.16. The molecule has 1 aliphatic carbocycles. The standard InChI is InChI=1S/C14H26N2O3/c1-4-12-9-19-10(2)7-16(12)8-13(14(17)18-3)15-11-5-6-11/h10-13,15H,4-9H2,1-3H3. The maximum atomic E-state index is 11.9. The molecule has 110 valence electrons. The maximum absolute atomic E-state index is 11.9. The Hall–Kier alpha value is -0.650. The summed E-state index contributed by atoms with van der Waals surface area (Å²) in [5.74, 6) is -0.152. The number of carbonyl (C=O) groups is 1. The molecule has 0 bridgehead atoms. The van der Waals surface area contributed by atoms with Gasteiger partial charge in [-0.3, -0.25) is 9.69 Å². The summed E-state index contributed by atoms with van der Waals surface area (Å²) in [5.41, 5.74) is 0. The molecule has 1 heterocycles. The molecule has 1 saturated heterocycles.